The van der Waals surface area contributed by atoms with Crippen molar-refractivity contribution in [3.05, 3.63) is 19.0 Å². The number of aliphatic hydroxyl groups excluding tert-OH is 2. The lowest BCUT2D eigenvalue weighted by Crippen LogP contribution is -2.64. The number of phosphoric acid groups is 1. The van der Waals surface area contributed by atoms with Crippen molar-refractivity contribution in [1.82, 2.24) is 25.0 Å². The summed E-state index contributed by atoms with van der Waals surface area (Å²) in [7, 11) is -5.75. The quantitative estimate of drug-likeness (QED) is 0.0395. The number of carbonyl (C=O) groups is 4. The van der Waals surface area contributed by atoms with Gasteiger partial charge in [-0.2, -0.15) is 8.99 Å². The third-order valence-electron chi connectivity index (χ3n) is 7.50. The maximum atomic E-state index is 13.2. The Labute approximate surface area is 309 Å². The van der Waals surface area contributed by atoms with Crippen LogP contribution in [0.3, 0.4) is 0 Å². The second-order valence-corrected chi connectivity index (χ2v) is 16.0. The van der Waals surface area contributed by atoms with Crippen LogP contribution in [0.4, 0.5) is 5.82 Å². The molecule has 2 fully saturated rings. The number of anilines is 1. The molecule has 2 aromatic heterocycles. The fourth-order valence-corrected chi connectivity index (χ4v) is 8.48. The molecule has 0 saturated carbocycles. The lowest BCUT2D eigenvalue weighted by atomic mass is 9.94. The van der Waals surface area contributed by atoms with Crippen LogP contribution in [0, 0.1) is 0 Å². The van der Waals surface area contributed by atoms with Crippen molar-refractivity contribution in [1.29, 1.82) is 0 Å². The molecule has 25 nitrogen and oxygen atoms in total. The highest BCUT2D eigenvalue weighted by Gasteiger charge is 2.57. The number of aliphatic hydroxyl groups is 3. The molecule has 54 heavy (non-hydrogen) atoms. The van der Waals surface area contributed by atoms with Crippen LogP contribution in [0.5, 0.6) is 0 Å². The van der Waals surface area contributed by atoms with Gasteiger partial charge in [0.25, 0.3) is 0 Å². The molecular formula is C26H36N6O19P2S. The van der Waals surface area contributed by atoms with Crippen LogP contribution < -0.4 is 5.73 Å². The molecule has 12 atom stereocenters. The molecule has 2 aliphatic rings. The number of hydrogen-bond acceptors (Lipinski definition) is 23. The van der Waals surface area contributed by atoms with Gasteiger partial charge in [0.2, 0.25) is 6.29 Å². The van der Waals surface area contributed by atoms with Crippen molar-refractivity contribution < 1.29 is 90.3 Å². The number of carbonyl (C=O) groups excluding carboxylic acids is 4. The van der Waals surface area contributed by atoms with Gasteiger partial charge in [-0.05, 0) is 0 Å². The van der Waals surface area contributed by atoms with Gasteiger partial charge in [-0.25, -0.2) is 19.1 Å². The summed E-state index contributed by atoms with van der Waals surface area (Å²) in [5.41, 5.74) is 3.49. The Balaban J connectivity index is 1.54. The highest BCUT2D eigenvalue weighted by molar-refractivity contribution is 8.45. The molecule has 6 N–H and O–H groups in total. The number of nitrogens with zero attached hydrogens (tertiary/aromatic N) is 5. The monoisotopic (exact) mass is 830 g/mol. The lowest BCUT2D eigenvalue weighted by molar-refractivity contribution is -0.299. The average molecular weight is 831 g/mol. The second kappa shape index (κ2) is 17.0. The van der Waals surface area contributed by atoms with Gasteiger partial charge in [0.1, 0.15) is 37.4 Å². The van der Waals surface area contributed by atoms with E-state index in [0.29, 0.717) is 0 Å². The Morgan fingerprint density at radius 3 is 2.31 bits per heavy atom. The molecule has 7 unspecified atom stereocenters. The first-order valence-corrected chi connectivity index (χ1v) is 19.5. The van der Waals surface area contributed by atoms with E-state index in [1.807, 2.05) is 0 Å². The van der Waals surface area contributed by atoms with E-state index in [2.05, 4.69) is 43.4 Å². The third-order valence-corrected chi connectivity index (χ3v) is 11.1. The summed E-state index contributed by atoms with van der Waals surface area (Å²) < 4.78 is 73.6. The Kier molecular flexibility index (Phi) is 13.6. The molecule has 0 bridgehead atoms. The van der Waals surface area contributed by atoms with Crippen molar-refractivity contribution in [3.63, 3.8) is 0 Å². The van der Waals surface area contributed by atoms with E-state index in [0.717, 1.165) is 44.8 Å². The largest absolute Gasteiger partial charge is 0.482 e. The number of phosphoric ester groups is 1. The van der Waals surface area contributed by atoms with E-state index < -0.39 is 113 Å². The van der Waals surface area contributed by atoms with Crippen LogP contribution in [-0.2, 0) is 70.1 Å². The molecule has 2 aliphatic heterocycles. The summed E-state index contributed by atoms with van der Waals surface area (Å²) >= 11 is 3.67. The van der Waals surface area contributed by atoms with Gasteiger partial charge in [0.05, 0.1) is 6.61 Å². The Morgan fingerprint density at radius 1 is 1.07 bits per heavy atom. The molecule has 2 aromatic rings. The molecule has 300 valence electrons. The minimum atomic E-state index is -5.75. The van der Waals surface area contributed by atoms with Crippen LogP contribution in [0.15, 0.2) is 19.0 Å². The number of ether oxygens (including phenoxy) is 6. The van der Waals surface area contributed by atoms with Crippen LogP contribution in [0.25, 0.3) is 11.2 Å². The molecule has 0 aromatic carbocycles. The minimum absolute atomic E-state index is 0.0165. The van der Waals surface area contributed by atoms with Gasteiger partial charge < -0.3 is 54.4 Å². The van der Waals surface area contributed by atoms with E-state index in [9.17, 15) is 48.5 Å². The molecule has 0 spiro atoms. The zero-order valence-corrected chi connectivity index (χ0v) is 31.2. The van der Waals surface area contributed by atoms with Gasteiger partial charge in [-0.3, -0.25) is 28.2 Å². The Morgan fingerprint density at radius 2 is 1.72 bits per heavy atom. The second-order valence-electron chi connectivity index (χ2n) is 11.5. The molecule has 0 amide bonds. The normalized spacial score (nSPS) is 31.1. The van der Waals surface area contributed by atoms with E-state index in [4.69, 9.17) is 43.2 Å². The number of nitrogens with two attached hydrogens (primary N) is 1. The van der Waals surface area contributed by atoms with Crippen molar-refractivity contribution in [2.75, 3.05) is 18.9 Å². The number of hydrogen-bond donors (Lipinski definition) is 6. The van der Waals surface area contributed by atoms with Gasteiger partial charge in [0.15, 0.2) is 47.1 Å². The van der Waals surface area contributed by atoms with Crippen LogP contribution in [0.2, 0.25) is 0 Å². The van der Waals surface area contributed by atoms with Crippen molar-refractivity contribution in [2.45, 2.75) is 88.5 Å². The minimum Gasteiger partial charge on any atom is -0.462 e. The predicted octanol–water partition coefficient (Wildman–Crippen LogP) is -1.39. The van der Waals surface area contributed by atoms with Crippen LogP contribution >= 0.6 is 26.9 Å². The van der Waals surface area contributed by atoms with E-state index in [1.165, 1.54) is 0 Å². The summed E-state index contributed by atoms with van der Waals surface area (Å²) in [6.45, 7) is 0.515. The Bertz CT molecular complexity index is 1850. The molecular weight excluding hydrogens is 794 g/mol. The number of nitrogen functional groups attached to an aromatic ring is 1. The van der Waals surface area contributed by atoms with Crippen LogP contribution in [0.1, 0.15) is 33.9 Å². The highest BCUT2D eigenvalue weighted by atomic mass is 32.7. The zero-order chi connectivity index (χ0) is 40.3. The topological polar surface area (TPSA) is 349 Å². The number of esters is 4. The van der Waals surface area contributed by atoms with E-state index in [1.54, 1.807) is 0 Å². The average Bonchev–Trinajstić information content (AvgIpc) is 3.59. The fourth-order valence-electron chi connectivity index (χ4n) is 5.30. The molecule has 0 aliphatic carbocycles. The lowest BCUT2D eigenvalue weighted by Gasteiger charge is -2.44. The summed E-state index contributed by atoms with van der Waals surface area (Å²) in [6, 6.07) is 0. The molecule has 0 radical (unpaired) electrons. The maximum Gasteiger partial charge on any atom is 0.482 e. The SMILES string of the molecule is C=C[C@@]1(O)[C@H](O)[C@@H](COP(=O)(S)OP(=O)(O)OC2OC([C@H](COC(C)=O)OC(C)=O)C(OC(C)=O)C(O)C2OC(C)=O)O[C@H]1n1nnc2c(N)ncnc21. The number of fused-ring (bicyclic) bond motifs is 1. The van der Waals surface area contributed by atoms with Crippen molar-refractivity contribution in [3.8, 4) is 0 Å². The van der Waals surface area contributed by atoms with E-state index >= 15 is 0 Å². The van der Waals surface area contributed by atoms with Crippen molar-refractivity contribution >= 4 is 67.7 Å². The van der Waals surface area contributed by atoms with Crippen molar-refractivity contribution in [2.24, 2.45) is 0 Å². The highest BCUT2D eigenvalue weighted by Crippen LogP contribution is 2.66. The van der Waals surface area contributed by atoms with Gasteiger partial charge in [-0.1, -0.05) is 30.1 Å². The van der Waals surface area contributed by atoms with Gasteiger partial charge in [0, 0.05) is 27.7 Å². The summed E-state index contributed by atoms with van der Waals surface area (Å²) in [4.78, 5) is 65.7. The van der Waals surface area contributed by atoms with Gasteiger partial charge in [-0.15, -0.1) is 5.10 Å². The smallest absolute Gasteiger partial charge is 0.462 e. The summed E-state index contributed by atoms with van der Waals surface area (Å²) in [5.74, 6) is -4.02. The fraction of sp³-hybridized carbons (Fsp3) is 0.615. The summed E-state index contributed by atoms with van der Waals surface area (Å²) in [5, 5.41) is 41.0. The summed E-state index contributed by atoms with van der Waals surface area (Å²) in [6.07, 6.45) is -15.0. The molecule has 4 rings (SSSR count). The van der Waals surface area contributed by atoms with E-state index in [-0.39, 0.29) is 17.0 Å². The Hall–Kier alpha value is -3.65. The number of rotatable bonds is 15. The first-order valence-electron chi connectivity index (χ1n) is 15.3. The predicted molar refractivity (Wildman–Crippen MR) is 175 cm³/mol. The van der Waals surface area contributed by atoms with Crippen LogP contribution in [-0.4, -0.2) is 137 Å². The molecule has 4 heterocycles. The molecule has 2 saturated heterocycles. The first-order chi connectivity index (χ1) is 25.1. The first kappa shape index (κ1) is 43.1. The zero-order valence-electron chi connectivity index (χ0n) is 28.5. The maximum absolute atomic E-state index is 13.2. The van der Waals surface area contributed by atoms with Gasteiger partial charge >= 0.3 is 38.5 Å². The molecule has 28 heteroatoms. The number of thiol groups is 1. The third kappa shape index (κ3) is 9.96. The standard InChI is InChI=1S/C26H36N6O19P2S/c1-6-26(39)21(38)15(48-25(26)32-23-16(30-31-32)22(27)28-9-29-23)8-44-53(42,54)51-52(40,41)50-24-20(47-13(5)36)17(37)19(46-12(4)35)18(49-24)14(45-11(3)34)7-43-10(2)33/h6,9,14-15,17-21,24-25,37-39H,1,7-8H2,2-5H3,(H,40,41)(H,42,54)(H2,27,28,29)/t14-,15+,17?,18?,19?,20?,21+,24?,25+,26+,53?/m0/s1. The number of aromatic nitrogens is 5.